The van der Waals surface area contributed by atoms with E-state index in [1.54, 1.807) is 42.8 Å². The minimum atomic E-state index is -0.958. The molecule has 10 heteroatoms. The second-order valence-electron chi connectivity index (χ2n) is 8.73. The molecule has 1 saturated heterocycles. The lowest BCUT2D eigenvalue weighted by molar-refractivity contribution is -0.149. The SMILES string of the molecule is Cc1ccc(C(=O)c2ccc(CC(=O)OC[C@H]3O[C@@H](n4cc(C)c(=O)[nH]c4=O)C[C@@H]3O)n2C)cc1. The molecule has 184 valence electrons. The van der Waals surface area contributed by atoms with Crippen molar-refractivity contribution in [3.05, 3.63) is 91.5 Å². The Morgan fingerprint density at radius 2 is 1.86 bits per heavy atom. The summed E-state index contributed by atoms with van der Waals surface area (Å²) in [5.74, 6) is -0.690. The molecular formula is C25H27N3O7. The van der Waals surface area contributed by atoms with Gasteiger partial charge in [-0.05, 0) is 26.0 Å². The Labute approximate surface area is 200 Å². The number of hydrogen-bond donors (Lipinski definition) is 2. The average Bonchev–Trinajstić information content (AvgIpc) is 3.37. The summed E-state index contributed by atoms with van der Waals surface area (Å²) in [5.41, 5.74) is 1.88. The molecule has 0 saturated carbocycles. The highest BCUT2D eigenvalue weighted by Crippen LogP contribution is 2.28. The molecular weight excluding hydrogens is 454 g/mol. The van der Waals surface area contributed by atoms with Crippen LogP contribution in [0.5, 0.6) is 0 Å². The standard InChI is InChI=1S/C25H27N3O7/c1-14-4-6-16(7-5-14)23(31)18-9-8-17(27(18)3)10-22(30)34-13-20-19(29)11-21(35-20)28-12-15(2)24(32)26-25(28)33/h4-9,12,19-21,29H,10-11,13H2,1-3H3,(H,26,32,33)/t19-,20+,21+/m0/s1. The number of carbonyl (C=O) groups is 2. The van der Waals surface area contributed by atoms with Gasteiger partial charge in [0.1, 0.15) is 18.9 Å². The molecule has 3 aromatic rings. The lowest BCUT2D eigenvalue weighted by Gasteiger charge is -2.16. The number of rotatable bonds is 7. The third-order valence-electron chi connectivity index (χ3n) is 6.17. The van der Waals surface area contributed by atoms with Gasteiger partial charge in [-0.2, -0.15) is 0 Å². The summed E-state index contributed by atoms with van der Waals surface area (Å²) in [4.78, 5) is 51.1. The number of carbonyl (C=O) groups excluding carboxylic acids is 2. The number of esters is 1. The van der Waals surface area contributed by atoms with Crippen LogP contribution in [0.3, 0.4) is 0 Å². The van der Waals surface area contributed by atoms with Gasteiger partial charge in [-0.1, -0.05) is 29.8 Å². The fourth-order valence-corrected chi connectivity index (χ4v) is 4.02. The Morgan fingerprint density at radius 1 is 1.14 bits per heavy atom. The zero-order chi connectivity index (χ0) is 25.3. The summed E-state index contributed by atoms with van der Waals surface area (Å²) >= 11 is 0. The molecule has 0 aliphatic carbocycles. The third-order valence-corrected chi connectivity index (χ3v) is 6.17. The summed E-state index contributed by atoms with van der Waals surface area (Å²) in [6.07, 6.45) is -1.16. The molecule has 35 heavy (non-hydrogen) atoms. The maximum Gasteiger partial charge on any atom is 0.330 e. The summed E-state index contributed by atoms with van der Waals surface area (Å²) < 4.78 is 13.9. The van der Waals surface area contributed by atoms with Crippen LogP contribution in [-0.2, 0) is 27.7 Å². The largest absolute Gasteiger partial charge is 0.463 e. The number of nitrogens with one attached hydrogen (secondary N) is 1. The van der Waals surface area contributed by atoms with E-state index in [0.29, 0.717) is 22.5 Å². The lowest BCUT2D eigenvalue weighted by Crippen LogP contribution is -2.33. The fraction of sp³-hybridized carbons (Fsp3) is 0.360. The van der Waals surface area contributed by atoms with E-state index in [1.165, 1.54) is 10.8 Å². The van der Waals surface area contributed by atoms with Gasteiger partial charge in [0, 0.05) is 36.5 Å². The van der Waals surface area contributed by atoms with Gasteiger partial charge in [-0.3, -0.25) is 23.9 Å². The van der Waals surface area contributed by atoms with E-state index in [9.17, 15) is 24.3 Å². The second-order valence-corrected chi connectivity index (χ2v) is 8.73. The molecule has 0 unspecified atom stereocenters. The molecule has 1 aromatic carbocycles. The molecule has 0 spiro atoms. The van der Waals surface area contributed by atoms with Crippen LogP contribution < -0.4 is 11.2 Å². The maximum absolute atomic E-state index is 12.8. The van der Waals surface area contributed by atoms with Crippen molar-refractivity contribution < 1.29 is 24.2 Å². The van der Waals surface area contributed by atoms with Crippen LogP contribution in [0, 0.1) is 13.8 Å². The monoisotopic (exact) mass is 481 g/mol. The number of benzene rings is 1. The van der Waals surface area contributed by atoms with Crippen molar-refractivity contribution in [2.45, 2.75) is 45.1 Å². The Kier molecular flexibility index (Phi) is 6.86. The van der Waals surface area contributed by atoms with Crippen LogP contribution in [0.4, 0.5) is 0 Å². The first-order chi connectivity index (χ1) is 16.6. The van der Waals surface area contributed by atoms with E-state index < -0.39 is 35.7 Å². The summed E-state index contributed by atoms with van der Waals surface area (Å²) in [6, 6.07) is 10.6. The van der Waals surface area contributed by atoms with Gasteiger partial charge in [-0.25, -0.2) is 4.79 Å². The van der Waals surface area contributed by atoms with Gasteiger partial charge in [0.15, 0.2) is 0 Å². The van der Waals surface area contributed by atoms with Crippen molar-refractivity contribution in [1.82, 2.24) is 14.1 Å². The molecule has 10 nitrogen and oxygen atoms in total. The topological polar surface area (TPSA) is 133 Å². The molecule has 0 radical (unpaired) electrons. The Bertz CT molecular complexity index is 1370. The maximum atomic E-state index is 12.8. The first kappa shape index (κ1) is 24.4. The number of aryl methyl sites for hydroxylation is 2. The zero-order valence-corrected chi connectivity index (χ0v) is 19.7. The number of aromatic amines is 1. The van der Waals surface area contributed by atoms with E-state index >= 15 is 0 Å². The zero-order valence-electron chi connectivity index (χ0n) is 19.7. The fourth-order valence-electron chi connectivity index (χ4n) is 4.02. The Morgan fingerprint density at radius 3 is 2.57 bits per heavy atom. The van der Waals surface area contributed by atoms with E-state index in [-0.39, 0.29) is 25.2 Å². The van der Waals surface area contributed by atoms with Crippen molar-refractivity contribution in [2.75, 3.05) is 6.61 Å². The normalized spacial score (nSPS) is 19.6. The first-order valence-corrected chi connectivity index (χ1v) is 11.2. The molecule has 2 N–H and O–H groups in total. The first-order valence-electron chi connectivity index (χ1n) is 11.2. The predicted octanol–water partition coefficient (Wildman–Crippen LogP) is 1.16. The lowest BCUT2D eigenvalue weighted by atomic mass is 10.1. The third kappa shape index (κ3) is 5.18. The van der Waals surface area contributed by atoms with Gasteiger partial charge < -0.3 is 19.1 Å². The molecule has 1 aliphatic heterocycles. The summed E-state index contributed by atoms with van der Waals surface area (Å²) in [6.45, 7) is 3.30. The number of aliphatic hydroxyl groups is 1. The smallest absolute Gasteiger partial charge is 0.330 e. The Balaban J connectivity index is 1.35. The molecule has 3 heterocycles. The molecule has 4 rings (SSSR count). The number of nitrogens with zero attached hydrogens (tertiary/aromatic N) is 2. The number of ketones is 1. The predicted molar refractivity (Wildman–Crippen MR) is 125 cm³/mol. The van der Waals surface area contributed by atoms with E-state index in [1.807, 2.05) is 19.1 Å². The molecule has 1 aliphatic rings. The van der Waals surface area contributed by atoms with Crippen molar-refractivity contribution in [2.24, 2.45) is 7.05 Å². The summed E-state index contributed by atoms with van der Waals surface area (Å²) in [5, 5.41) is 10.3. The van der Waals surface area contributed by atoms with Crippen molar-refractivity contribution in [1.29, 1.82) is 0 Å². The van der Waals surface area contributed by atoms with Gasteiger partial charge >= 0.3 is 11.7 Å². The second kappa shape index (κ2) is 9.85. The van der Waals surface area contributed by atoms with Crippen LogP contribution in [0.15, 0.2) is 52.2 Å². The van der Waals surface area contributed by atoms with E-state index in [0.717, 1.165) is 5.56 Å². The minimum absolute atomic E-state index is 0.0670. The molecule has 3 atom stereocenters. The van der Waals surface area contributed by atoms with Crippen LogP contribution in [0.25, 0.3) is 0 Å². The van der Waals surface area contributed by atoms with Crippen molar-refractivity contribution in [3.8, 4) is 0 Å². The summed E-state index contributed by atoms with van der Waals surface area (Å²) in [7, 11) is 1.71. The number of ether oxygens (including phenoxy) is 2. The average molecular weight is 482 g/mol. The van der Waals surface area contributed by atoms with Gasteiger partial charge in [0.05, 0.1) is 18.2 Å². The Hall–Kier alpha value is -3.76. The quantitative estimate of drug-likeness (QED) is 0.382. The molecule has 2 aromatic heterocycles. The van der Waals surface area contributed by atoms with Crippen LogP contribution >= 0.6 is 0 Å². The number of H-pyrrole nitrogens is 1. The van der Waals surface area contributed by atoms with Gasteiger partial charge in [0.2, 0.25) is 5.78 Å². The van der Waals surface area contributed by atoms with Crippen molar-refractivity contribution in [3.63, 3.8) is 0 Å². The van der Waals surface area contributed by atoms with E-state index in [4.69, 9.17) is 9.47 Å². The molecule has 1 fully saturated rings. The highest BCUT2D eigenvalue weighted by Gasteiger charge is 2.36. The molecule has 0 bridgehead atoms. The van der Waals surface area contributed by atoms with Crippen LogP contribution in [-0.4, -0.2) is 49.8 Å². The van der Waals surface area contributed by atoms with Gasteiger partial charge in [0.25, 0.3) is 5.56 Å². The van der Waals surface area contributed by atoms with Crippen LogP contribution in [0.1, 0.15) is 45.5 Å². The van der Waals surface area contributed by atoms with Crippen LogP contribution in [0.2, 0.25) is 0 Å². The number of aromatic nitrogens is 3. The number of aliphatic hydroxyl groups excluding tert-OH is 1. The number of hydrogen-bond acceptors (Lipinski definition) is 7. The molecule has 0 amide bonds. The highest BCUT2D eigenvalue weighted by atomic mass is 16.6. The van der Waals surface area contributed by atoms with E-state index in [2.05, 4.69) is 4.98 Å². The minimum Gasteiger partial charge on any atom is -0.463 e. The van der Waals surface area contributed by atoms with Gasteiger partial charge in [-0.15, -0.1) is 0 Å². The van der Waals surface area contributed by atoms with Crippen molar-refractivity contribution >= 4 is 11.8 Å². The highest BCUT2D eigenvalue weighted by molar-refractivity contribution is 6.08.